The average molecular weight is 426 g/mol. The van der Waals surface area contributed by atoms with Crippen molar-refractivity contribution in [2.24, 2.45) is 0 Å². The van der Waals surface area contributed by atoms with Crippen molar-refractivity contribution >= 4 is 21.5 Å². The summed E-state index contributed by atoms with van der Waals surface area (Å²) in [4.78, 5) is 2.30. The molecule has 2 aromatic carbocycles. The van der Waals surface area contributed by atoms with E-state index in [9.17, 15) is 8.42 Å². The Hall–Kier alpha value is -3.17. The lowest BCUT2D eigenvalue weighted by molar-refractivity contribution is 0.122. The highest BCUT2D eigenvalue weighted by Gasteiger charge is 2.15. The van der Waals surface area contributed by atoms with Gasteiger partial charge in [0.05, 0.1) is 30.9 Å². The van der Waals surface area contributed by atoms with Crippen molar-refractivity contribution in [1.29, 1.82) is 0 Å². The van der Waals surface area contributed by atoms with Gasteiger partial charge in [-0.05, 0) is 48.5 Å². The van der Waals surface area contributed by atoms with Gasteiger partial charge in [-0.25, -0.2) is 8.42 Å². The standard InChI is InChI=1S/C21H22N4O4S/c1-28-18-6-8-19(9-7-18)30(26,27)24-17-4-2-16(3-5-17)20-10-11-21(23-22-20)25-12-14-29-15-13-25/h2-11,24H,12-15H2,1H3. The minimum atomic E-state index is -3.68. The Balaban J connectivity index is 1.45. The van der Waals surface area contributed by atoms with Gasteiger partial charge in [-0.15, -0.1) is 10.2 Å². The summed E-state index contributed by atoms with van der Waals surface area (Å²) in [5.41, 5.74) is 2.03. The molecule has 0 aliphatic carbocycles. The number of aromatic nitrogens is 2. The van der Waals surface area contributed by atoms with Crippen LogP contribution in [0.4, 0.5) is 11.5 Å². The fourth-order valence-corrected chi connectivity index (χ4v) is 4.18. The number of morpholine rings is 1. The molecule has 1 aliphatic heterocycles. The van der Waals surface area contributed by atoms with Crippen molar-refractivity contribution in [1.82, 2.24) is 10.2 Å². The molecule has 1 saturated heterocycles. The van der Waals surface area contributed by atoms with E-state index in [2.05, 4.69) is 19.8 Å². The molecule has 3 aromatic rings. The summed E-state index contributed by atoms with van der Waals surface area (Å²) >= 11 is 0. The Bertz CT molecular complexity index is 1080. The number of benzene rings is 2. The lowest BCUT2D eigenvalue weighted by atomic mass is 10.1. The molecule has 156 valence electrons. The number of hydrogen-bond acceptors (Lipinski definition) is 7. The first kappa shape index (κ1) is 20.1. The highest BCUT2D eigenvalue weighted by atomic mass is 32.2. The molecule has 30 heavy (non-hydrogen) atoms. The number of anilines is 2. The first-order chi connectivity index (χ1) is 14.5. The normalized spacial score (nSPS) is 14.4. The van der Waals surface area contributed by atoms with Crippen molar-refractivity contribution in [3.63, 3.8) is 0 Å². The molecule has 1 aliphatic rings. The molecule has 9 heteroatoms. The van der Waals surface area contributed by atoms with Gasteiger partial charge in [-0.2, -0.15) is 0 Å². The Morgan fingerprint density at radius 2 is 1.63 bits per heavy atom. The van der Waals surface area contributed by atoms with E-state index < -0.39 is 10.0 Å². The molecule has 8 nitrogen and oxygen atoms in total. The zero-order chi connectivity index (χ0) is 21.0. The Kier molecular flexibility index (Phi) is 5.82. The van der Waals surface area contributed by atoms with Gasteiger partial charge < -0.3 is 14.4 Å². The highest BCUT2D eigenvalue weighted by Crippen LogP contribution is 2.23. The number of methoxy groups -OCH3 is 1. The number of rotatable bonds is 6. The summed E-state index contributed by atoms with van der Waals surface area (Å²) < 4.78 is 38.1. The van der Waals surface area contributed by atoms with Gasteiger partial charge >= 0.3 is 0 Å². The Morgan fingerprint density at radius 1 is 0.933 bits per heavy atom. The van der Waals surface area contributed by atoms with Crippen LogP contribution in [0.25, 0.3) is 11.3 Å². The molecular weight excluding hydrogens is 404 g/mol. The lowest BCUT2D eigenvalue weighted by Crippen LogP contribution is -2.36. The quantitative estimate of drug-likeness (QED) is 0.648. The largest absolute Gasteiger partial charge is 0.497 e. The molecule has 0 unspecified atom stereocenters. The van der Waals surface area contributed by atoms with E-state index in [0.29, 0.717) is 24.7 Å². The van der Waals surface area contributed by atoms with Crippen LogP contribution in [0, 0.1) is 0 Å². The van der Waals surface area contributed by atoms with Crippen LogP contribution in [0.5, 0.6) is 5.75 Å². The summed E-state index contributed by atoms with van der Waals surface area (Å²) in [6, 6.07) is 17.1. The molecule has 0 bridgehead atoms. The second-order valence-corrected chi connectivity index (χ2v) is 8.42. The number of nitrogens with one attached hydrogen (secondary N) is 1. The molecule has 0 atom stereocenters. The second-order valence-electron chi connectivity index (χ2n) is 6.73. The Labute approximate surface area is 175 Å². The summed E-state index contributed by atoms with van der Waals surface area (Å²) in [6.45, 7) is 2.99. The molecule has 0 amide bonds. The van der Waals surface area contributed by atoms with Crippen LogP contribution in [0.1, 0.15) is 0 Å². The van der Waals surface area contributed by atoms with Gasteiger partial charge in [0.15, 0.2) is 5.82 Å². The van der Waals surface area contributed by atoms with E-state index in [1.165, 1.54) is 19.2 Å². The summed E-state index contributed by atoms with van der Waals surface area (Å²) in [7, 11) is -2.15. The third kappa shape index (κ3) is 4.52. The number of sulfonamides is 1. The molecule has 0 spiro atoms. The van der Waals surface area contributed by atoms with Gasteiger partial charge in [0.25, 0.3) is 10.0 Å². The smallest absolute Gasteiger partial charge is 0.261 e. The highest BCUT2D eigenvalue weighted by molar-refractivity contribution is 7.92. The van der Waals surface area contributed by atoms with Crippen molar-refractivity contribution in [2.75, 3.05) is 43.0 Å². The van der Waals surface area contributed by atoms with Crippen LogP contribution in [-0.2, 0) is 14.8 Å². The van der Waals surface area contributed by atoms with E-state index in [-0.39, 0.29) is 4.90 Å². The predicted octanol–water partition coefficient (Wildman–Crippen LogP) is 2.79. The van der Waals surface area contributed by atoms with Gasteiger partial charge in [-0.1, -0.05) is 12.1 Å². The Morgan fingerprint density at radius 3 is 2.23 bits per heavy atom. The number of hydrogen-bond donors (Lipinski definition) is 1. The number of nitrogens with zero attached hydrogens (tertiary/aromatic N) is 3. The molecule has 1 N–H and O–H groups in total. The fraction of sp³-hybridized carbons (Fsp3) is 0.238. The molecule has 1 aromatic heterocycles. The van der Waals surface area contributed by atoms with E-state index in [1.807, 2.05) is 24.3 Å². The summed E-state index contributed by atoms with van der Waals surface area (Å²) in [5.74, 6) is 1.42. The third-order valence-corrected chi connectivity index (χ3v) is 6.19. The fourth-order valence-electron chi connectivity index (χ4n) is 3.12. The van der Waals surface area contributed by atoms with Crippen LogP contribution in [0.3, 0.4) is 0 Å². The van der Waals surface area contributed by atoms with Gasteiger partial charge in [-0.3, -0.25) is 4.72 Å². The SMILES string of the molecule is COc1ccc(S(=O)(=O)Nc2ccc(-c3ccc(N4CCOCC4)nn3)cc2)cc1. The van der Waals surface area contributed by atoms with E-state index in [0.717, 1.165) is 30.2 Å². The predicted molar refractivity (Wildman–Crippen MR) is 114 cm³/mol. The van der Waals surface area contributed by atoms with Crippen LogP contribution in [-0.4, -0.2) is 52.0 Å². The monoisotopic (exact) mass is 426 g/mol. The first-order valence-corrected chi connectivity index (χ1v) is 11.0. The van der Waals surface area contributed by atoms with E-state index in [1.54, 1.807) is 24.3 Å². The van der Waals surface area contributed by atoms with Crippen LogP contribution >= 0.6 is 0 Å². The molecule has 4 rings (SSSR count). The molecule has 0 radical (unpaired) electrons. The summed E-state index contributed by atoms with van der Waals surface area (Å²) in [5, 5.41) is 8.62. The van der Waals surface area contributed by atoms with Gasteiger partial charge in [0.1, 0.15) is 5.75 Å². The maximum Gasteiger partial charge on any atom is 0.261 e. The zero-order valence-corrected chi connectivity index (χ0v) is 17.3. The van der Waals surface area contributed by atoms with Crippen molar-refractivity contribution in [2.45, 2.75) is 4.90 Å². The molecular formula is C21H22N4O4S. The topological polar surface area (TPSA) is 93.7 Å². The molecule has 0 saturated carbocycles. The van der Waals surface area contributed by atoms with Crippen molar-refractivity contribution in [3.8, 4) is 17.0 Å². The van der Waals surface area contributed by atoms with Crippen molar-refractivity contribution in [3.05, 3.63) is 60.7 Å². The van der Waals surface area contributed by atoms with E-state index >= 15 is 0 Å². The van der Waals surface area contributed by atoms with E-state index in [4.69, 9.17) is 9.47 Å². The number of ether oxygens (including phenoxy) is 2. The minimum Gasteiger partial charge on any atom is -0.497 e. The summed E-state index contributed by atoms with van der Waals surface area (Å²) in [6.07, 6.45) is 0. The minimum absolute atomic E-state index is 0.164. The average Bonchev–Trinajstić information content (AvgIpc) is 2.80. The van der Waals surface area contributed by atoms with Crippen LogP contribution < -0.4 is 14.4 Å². The second kappa shape index (κ2) is 8.68. The van der Waals surface area contributed by atoms with Crippen molar-refractivity contribution < 1.29 is 17.9 Å². The maximum absolute atomic E-state index is 12.6. The van der Waals surface area contributed by atoms with Crippen LogP contribution in [0.2, 0.25) is 0 Å². The molecule has 1 fully saturated rings. The molecule has 2 heterocycles. The van der Waals surface area contributed by atoms with Crippen LogP contribution in [0.15, 0.2) is 65.6 Å². The maximum atomic E-state index is 12.6. The third-order valence-electron chi connectivity index (χ3n) is 4.79. The first-order valence-electron chi connectivity index (χ1n) is 9.49. The van der Waals surface area contributed by atoms with Gasteiger partial charge in [0.2, 0.25) is 0 Å². The lowest BCUT2D eigenvalue weighted by Gasteiger charge is -2.27. The zero-order valence-electron chi connectivity index (χ0n) is 16.5. The van der Waals surface area contributed by atoms with Gasteiger partial charge in [0, 0.05) is 24.3 Å².